The van der Waals surface area contributed by atoms with Gasteiger partial charge in [0, 0.05) is 13.1 Å². The number of carbonyl (C=O) groups excluding carboxylic acids is 2. The number of hydrogen-bond donors (Lipinski definition) is 1. The van der Waals surface area contributed by atoms with Gasteiger partial charge >= 0.3 is 0 Å². The molecule has 0 saturated carbocycles. The van der Waals surface area contributed by atoms with Gasteiger partial charge in [0.2, 0.25) is 21.8 Å². The normalized spacial score (nSPS) is 12.2. The van der Waals surface area contributed by atoms with Crippen molar-refractivity contribution in [2.24, 2.45) is 0 Å². The van der Waals surface area contributed by atoms with Crippen LogP contribution in [0.2, 0.25) is 0 Å². The summed E-state index contributed by atoms with van der Waals surface area (Å²) in [5.41, 5.74) is 4.11. The van der Waals surface area contributed by atoms with Gasteiger partial charge in [-0.3, -0.25) is 13.9 Å². The number of hydrogen-bond acceptors (Lipinski definition) is 4. The van der Waals surface area contributed by atoms with Gasteiger partial charge in [-0.15, -0.1) is 0 Å². The van der Waals surface area contributed by atoms with Crippen molar-refractivity contribution >= 4 is 27.5 Å². The molecule has 0 fully saturated rings. The molecule has 0 heterocycles. The van der Waals surface area contributed by atoms with E-state index in [2.05, 4.69) is 5.32 Å². The van der Waals surface area contributed by atoms with Crippen LogP contribution in [0.15, 0.2) is 42.5 Å². The van der Waals surface area contributed by atoms with E-state index in [4.69, 9.17) is 0 Å². The van der Waals surface area contributed by atoms with Crippen LogP contribution in [0.4, 0.5) is 5.69 Å². The van der Waals surface area contributed by atoms with Crippen LogP contribution in [0.25, 0.3) is 0 Å². The third-order valence-corrected chi connectivity index (χ3v) is 7.03. The first kappa shape index (κ1) is 27.4. The maximum absolute atomic E-state index is 13.6. The number of anilines is 1. The summed E-state index contributed by atoms with van der Waals surface area (Å²) in [6.45, 7) is 9.76. The van der Waals surface area contributed by atoms with Crippen molar-refractivity contribution in [3.05, 3.63) is 64.7 Å². The summed E-state index contributed by atoms with van der Waals surface area (Å²) < 4.78 is 26.5. The number of sulfonamides is 1. The fourth-order valence-corrected chi connectivity index (χ4v) is 4.68. The van der Waals surface area contributed by atoms with E-state index in [9.17, 15) is 18.0 Å². The molecule has 8 heteroatoms. The Hall–Kier alpha value is -2.87. The SMILES string of the molecule is CCCCNC(=O)[C@@H](C)N(Cc1ccccc1C)C(=O)CN(c1ccc(C)cc1C)S(C)(=O)=O. The van der Waals surface area contributed by atoms with Crippen LogP contribution in [0, 0.1) is 20.8 Å². The number of rotatable bonds is 11. The number of amides is 2. The predicted octanol–water partition coefficient (Wildman–Crippen LogP) is 3.71. The lowest BCUT2D eigenvalue weighted by Crippen LogP contribution is -2.51. The Morgan fingerprint density at radius 3 is 2.29 bits per heavy atom. The van der Waals surface area contributed by atoms with Crippen LogP contribution in [-0.2, 0) is 26.2 Å². The number of aryl methyl sites for hydroxylation is 3. The highest BCUT2D eigenvalue weighted by Gasteiger charge is 2.30. The van der Waals surface area contributed by atoms with Gasteiger partial charge in [0.15, 0.2) is 0 Å². The molecule has 186 valence electrons. The van der Waals surface area contributed by atoms with E-state index < -0.39 is 22.0 Å². The summed E-state index contributed by atoms with van der Waals surface area (Å²) >= 11 is 0. The number of carbonyl (C=O) groups is 2. The molecule has 0 radical (unpaired) electrons. The molecular formula is C26H37N3O4S. The molecule has 34 heavy (non-hydrogen) atoms. The van der Waals surface area contributed by atoms with Crippen molar-refractivity contribution in [1.29, 1.82) is 0 Å². The fourth-order valence-electron chi connectivity index (χ4n) is 3.77. The molecule has 1 atom stereocenters. The van der Waals surface area contributed by atoms with Crippen LogP contribution in [0.1, 0.15) is 48.9 Å². The third-order valence-electron chi connectivity index (χ3n) is 5.90. The van der Waals surface area contributed by atoms with E-state index in [1.807, 2.05) is 64.1 Å². The monoisotopic (exact) mass is 487 g/mol. The van der Waals surface area contributed by atoms with Gasteiger partial charge in [-0.05, 0) is 56.9 Å². The van der Waals surface area contributed by atoms with Gasteiger partial charge in [0.1, 0.15) is 12.6 Å². The fraction of sp³-hybridized carbons (Fsp3) is 0.462. The van der Waals surface area contributed by atoms with E-state index >= 15 is 0 Å². The summed E-state index contributed by atoms with van der Waals surface area (Å²) in [6.07, 6.45) is 2.88. The lowest BCUT2D eigenvalue weighted by Gasteiger charge is -2.32. The van der Waals surface area contributed by atoms with Crippen LogP contribution < -0.4 is 9.62 Å². The maximum Gasteiger partial charge on any atom is 0.244 e. The second-order valence-electron chi connectivity index (χ2n) is 8.83. The predicted molar refractivity (Wildman–Crippen MR) is 137 cm³/mol. The van der Waals surface area contributed by atoms with Gasteiger partial charge in [-0.1, -0.05) is 55.3 Å². The Kier molecular flexibility index (Phi) is 9.67. The summed E-state index contributed by atoms with van der Waals surface area (Å²) in [7, 11) is -3.74. The first-order chi connectivity index (χ1) is 16.0. The van der Waals surface area contributed by atoms with E-state index in [1.54, 1.807) is 13.0 Å². The van der Waals surface area contributed by atoms with Gasteiger partial charge in [0.05, 0.1) is 11.9 Å². The molecule has 1 N–H and O–H groups in total. The smallest absolute Gasteiger partial charge is 0.244 e. The standard InChI is InChI=1S/C26H37N3O4S/c1-7-8-15-27-26(31)22(5)28(17-23-12-10-9-11-20(23)3)25(30)18-29(34(6,32)33)24-14-13-19(2)16-21(24)4/h9-14,16,22H,7-8,15,17-18H2,1-6H3,(H,27,31)/t22-/m1/s1. The van der Waals surface area contributed by atoms with Crippen molar-refractivity contribution in [2.45, 2.75) is 60.0 Å². The molecule has 0 bridgehead atoms. The lowest BCUT2D eigenvalue weighted by molar-refractivity contribution is -0.139. The number of benzene rings is 2. The largest absolute Gasteiger partial charge is 0.354 e. The molecule has 2 amide bonds. The van der Waals surface area contributed by atoms with Gasteiger partial charge in [-0.25, -0.2) is 8.42 Å². The molecule has 0 aliphatic carbocycles. The first-order valence-electron chi connectivity index (χ1n) is 11.6. The zero-order valence-corrected chi connectivity index (χ0v) is 21.9. The summed E-state index contributed by atoms with van der Waals surface area (Å²) in [6, 6.07) is 12.3. The average Bonchev–Trinajstić information content (AvgIpc) is 2.76. The second kappa shape index (κ2) is 12.0. The topological polar surface area (TPSA) is 86.8 Å². The van der Waals surface area contributed by atoms with Crippen molar-refractivity contribution in [3.63, 3.8) is 0 Å². The van der Waals surface area contributed by atoms with Gasteiger partial charge < -0.3 is 10.2 Å². The minimum Gasteiger partial charge on any atom is -0.354 e. The molecule has 0 aliphatic heterocycles. The summed E-state index contributed by atoms with van der Waals surface area (Å²) in [4.78, 5) is 27.9. The molecule has 7 nitrogen and oxygen atoms in total. The van der Waals surface area contributed by atoms with Crippen LogP contribution in [0.3, 0.4) is 0 Å². The van der Waals surface area contributed by atoms with E-state index in [0.717, 1.165) is 45.7 Å². The lowest BCUT2D eigenvalue weighted by atomic mass is 10.1. The molecule has 2 aromatic rings. The molecule has 2 aromatic carbocycles. The highest BCUT2D eigenvalue weighted by molar-refractivity contribution is 7.92. The van der Waals surface area contributed by atoms with Crippen LogP contribution >= 0.6 is 0 Å². The Labute approximate surface area is 204 Å². The van der Waals surface area contributed by atoms with Crippen molar-refractivity contribution in [1.82, 2.24) is 10.2 Å². The molecule has 0 unspecified atom stereocenters. The molecular weight excluding hydrogens is 450 g/mol. The van der Waals surface area contributed by atoms with Crippen molar-refractivity contribution in [3.8, 4) is 0 Å². The van der Waals surface area contributed by atoms with Crippen molar-refractivity contribution < 1.29 is 18.0 Å². The van der Waals surface area contributed by atoms with E-state index in [0.29, 0.717) is 12.2 Å². The average molecular weight is 488 g/mol. The Balaban J connectivity index is 2.39. The first-order valence-corrected chi connectivity index (χ1v) is 13.5. The summed E-state index contributed by atoms with van der Waals surface area (Å²) in [5.74, 6) is -0.695. The Bertz CT molecular complexity index is 1110. The number of nitrogens with one attached hydrogen (secondary N) is 1. The molecule has 2 rings (SSSR count). The number of nitrogens with zero attached hydrogens (tertiary/aromatic N) is 2. The van der Waals surface area contributed by atoms with E-state index in [-0.39, 0.29) is 19.0 Å². The van der Waals surface area contributed by atoms with Gasteiger partial charge in [-0.2, -0.15) is 0 Å². The highest BCUT2D eigenvalue weighted by atomic mass is 32.2. The molecule has 0 aromatic heterocycles. The minimum atomic E-state index is -3.74. The second-order valence-corrected chi connectivity index (χ2v) is 10.7. The quantitative estimate of drug-likeness (QED) is 0.490. The van der Waals surface area contributed by atoms with Crippen LogP contribution in [-0.4, -0.2) is 50.5 Å². The molecule has 0 spiro atoms. The van der Waals surface area contributed by atoms with Gasteiger partial charge in [0.25, 0.3) is 0 Å². The number of unbranched alkanes of at least 4 members (excludes halogenated alkanes) is 1. The molecule has 0 saturated heterocycles. The Morgan fingerprint density at radius 1 is 1.03 bits per heavy atom. The highest BCUT2D eigenvalue weighted by Crippen LogP contribution is 2.24. The van der Waals surface area contributed by atoms with E-state index in [1.165, 1.54) is 4.90 Å². The minimum absolute atomic E-state index is 0.207. The Morgan fingerprint density at radius 2 is 1.71 bits per heavy atom. The zero-order chi connectivity index (χ0) is 25.5. The van der Waals surface area contributed by atoms with Crippen molar-refractivity contribution in [2.75, 3.05) is 23.7 Å². The third kappa shape index (κ3) is 7.32. The van der Waals surface area contributed by atoms with Crippen LogP contribution in [0.5, 0.6) is 0 Å². The maximum atomic E-state index is 13.6. The molecule has 0 aliphatic rings. The zero-order valence-electron chi connectivity index (χ0n) is 21.1. The summed E-state index contributed by atoms with van der Waals surface area (Å²) in [5, 5.41) is 2.89.